The lowest BCUT2D eigenvalue weighted by molar-refractivity contribution is -0.142. The van der Waals surface area contributed by atoms with Crippen LogP contribution in [0.15, 0.2) is 11.6 Å². The number of hydrogen-bond acceptors (Lipinski definition) is 5. The van der Waals surface area contributed by atoms with Crippen LogP contribution in [-0.4, -0.2) is 46.5 Å². The van der Waals surface area contributed by atoms with Crippen LogP contribution in [-0.2, 0) is 9.59 Å². The molecule has 0 unspecified atom stereocenters. The first-order chi connectivity index (χ1) is 8.56. The number of nitrogens with one attached hydrogen (secondary N) is 1. The number of carboxylic acids is 1. The van der Waals surface area contributed by atoms with Crippen molar-refractivity contribution in [3.8, 4) is 0 Å². The number of hydrogen-bond donors (Lipinski definition) is 2. The van der Waals surface area contributed by atoms with Crippen molar-refractivity contribution in [2.75, 3.05) is 25.0 Å². The van der Waals surface area contributed by atoms with Crippen molar-refractivity contribution < 1.29 is 14.7 Å². The molecule has 1 saturated heterocycles. The quantitative estimate of drug-likeness (QED) is 0.842. The van der Waals surface area contributed by atoms with E-state index in [0.717, 1.165) is 0 Å². The third-order valence-electron chi connectivity index (χ3n) is 3.05. The van der Waals surface area contributed by atoms with E-state index in [4.69, 9.17) is 5.11 Å². The second-order valence-corrected chi connectivity index (χ2v) is 5.40. The lowest BCUT2D eigenvalue weighted by Gasteiger charge is -2.13. The molecule has 2 N–H and O–H groups in total. The van der Waals surface area contributed by atoms with Gasteiger partial charge in [0.25, 0.3) is 0 Å². The molecule has 0 aliphatic carbocycles. The fraction of sp³-hybridized carbons (Fsp3) is 0.545. The van der Waals surface area contributed by atoms with Crippen molar-refractivity contribution in [2.45, 2.75) is 6.92 Å². The predicted octanol–water partition coefficient (Wildman–Crippen LogP) is 0.734. The summed E-state index contributed by atoms with van der Waals surface area (Å²) in [5.74, 6) is -1.23. The molecule has 1 fully saturated rings. The van der Waals surface area contributed by atoms with Gasteiger partial charge in [0, 0.05) is 24.7 Å². The van der Waals surface area contributed by atoms with Gasteiger partial charge in [0.05, 0.1) is 12.5 Å². The van der Waals surface area contributed by atoms with Crippen LogP contribution < -0.4 is 5.32 Å². The Hall–Kier alpha value is -1.47. The van der Waals surface area contributed by atoms with E-state index in [2.05, 4.69) is 10.3 Å². The Morgan fingerprint density at radius 1 is 1.61 bits per heavy atom. The highest BCUT2D eigenvalue weighted by atomic mass is 32.1. The number of rotatable bonds is 4. The molecule has 1 aliphatic rings. The number of nitrogens with zero attached hydrogens (tertiary/aromatic N) is 2. The number of aromatic nitrogens is 1. The zero-order valence-electron chi connectivity index (χ0n) is 10.00. The summed E-state index contributed by atoms with van der Waals surface area (Å²) in [7, 11) is 0. The molecular formula is C11H15N3O3S. The molecule has 1 aromatic heterocycles. The zero-order valence-corrected chi connectivity index (χ0v) is 10.8. The van der Waals surface area contributed by atoms with Crippen LogP contribution in [0.25, 0.3) is 0 Å². The third kappa shape index (κ3) is 3.05. The maximum Gasteiger partial charge on any atom is 0.308 e. The highest BCUT2D eigenvalue weighted by Gasteiger charge is 2.35. The Morgan fingerprint density at radius 3 is 2.94 bits per heavy atom. The standard InChI is InChI=1S/C11H15N3O3S/c1-7-4-14(5-8(7)10(16)17)6-9(15)13-11-12-2-3-18-11/h2-3,7-8H,4-6H2,1H3,(H,16,17)(H,12,13,15)/t7-,8-/m1/s1. The number of carboxylic acid groups (broad SMARTS) is 1. The van der Waals surface area contributed by atoms with Crippen LogP contribution in [0.1, 0.15) is 6.92 Å². The zero-order chi connectivity index (χ0) is 13.1. The summed E-state index contributed by atoms with van der Waals surface area (Å²) in [4.78, 5) is 28.5. The molecule has 2 rings (SSSR count). The number of carbonyl (C=O) groups is 2. The van der Waals surface area contributed by atoms with Crippen LogP contribution in [0.5, 0.6) is 0 Å². The van der Waals surface area contributed by atoms with Gasteiger partial charge in [0.1, 0.15) is 0 Å². The maximum atomic E-state index is 11.7. The molecule has 0 aromatic carbocycles. The van der Waals surface area contributed by atoms with E-state index in [9.17, 15) is 9.59 Å². The fourth-order valence-electron chi connectivity index (χ4n) is 2.16. The Kier molecular flexibility index (Phi) is 3.93. The summed E-state index contributed by atoms with van der Waals surface area (Å²) in [6.45, 7) is 3.19. The van der Waals surface area contributed by atoms with E-state index in [1.54, 1.807) is 11.6 Å². The first-order valence-corrected chi connectivity index (χ1v) is 6.58. The van der Waals surface area contributed by atoms with Crippen LogP contribution in [0.2, 0.25) is 0 Å². The number of aliphatic carboxylic acids is 1. The number of carbonyl (C=O) groups excluding carboxylic acids is 1. The summed E-state index contributed by atoms with van der Waals surface area (Å²) in [5, 5.41) is 14.1. The molecular weight excluding hydrogens is 254 g/mol. The number of likely N-dealkylation sites (tertiary alicyclic amines) is 1. The first-order valence-electron chi connectivity index (χ1n) is 5.70. The second-order valence-electron chi connectivity index (χ2n) is 4.50. The molecule has 18 heavy (non-hydrogen) atoms. The molecule has 1 aromatic rings. The van der Waals surface area contributed by atoms with Gasteiger partial charge in [-0.05, 0) is 5.92 Å². The van der Waals surface area contributed by atoms with Gasteiger partial charge >= 0.3 is 5.97 Å². The van der Waals surface area contributed by atoms with Crippen molar-refractivity contribution in [1.29, 1.82) is 0 Å². The van der Waals surface area contributed by atoms with Gasteiger partial charge in [-0.2, -0.15) is 0 Å². The SMILES string of the molecule is C[C@@H]1CN(CC(=O)Nc2nccs2)C[C@H]1C(=O)O. The summed E-state index contributed by atoms with van der Waals surface area (Å²) in [6.07, 6.45) is 1.62. The minimum Gasteiger partial charge on any atom is -0.481 e. The molecule has 0 bridgehead atoms. The smallest absolute Gasteiger partial charge is 0.308 e. The van der Waals surface area contributed by atoms with Crippen LogP contribution in [0, 0.1) is 11.8 Å². The Bertz CT molecular complexity index is 435. The average molecular weight is 269 g/mol. The summed E-state index contributed by atoms with van der Waals surface area (Å²) in [5.41, 5.74) is 0. The summed E-state index contributed by atoms with van der Waals surface area (Å²) in [6, 6.07) is 0. The van der Waals surface area contributed by atoms with Crippen molar-refractivity contribution >= 4 is 28.3 Å². The molecule has 0 radical (unpaired) electrons. The Balaban J connectivity index is 1.84. The van der Waals surface area contributed by atoms with Gasteiger partial charge in [-0.15, -0.1) is 11.3 Å². The van der Waals surface area contributed by atoms with E-state index in [1.165, 1.54) is 11.3 Å². The van der Waals surface area contributed by atoms with E-state index in [-0.39, 0.29) is 24.3 Å². The minimum atomic E-state index is -0.787. The molecule has 0 saturated carbocycles. The van der Waals surface area contributed by atoms with Gasteiger partial charge in [-0.25, -0.2) is 4.98 Å². The first kappa shape index (κ1) is 13.0. The Labute approximate surface area is 109 Å². The molecule has 98 valence electrons. The summed E-state index contributed by atoms with van der Waals surface area (Å²) < 4.78 is 0. The van der Waals surface area contributed by atoms with E-state index in [1.807, 2.05) is 11.8 Å². The second kappa shape index (κ2) is 5.45. The highest BCUT2D eigenvalue weighted by molar-refractivity contribution is 7.13. The number of amides is 1. The van der Waals surface area contributed by atoms with Gasteiger partial charge in [0.15, 0.2) is 5.13 Å². The van der Waals surface area contributed by atoms with Crippen LogP contribution in [0.4, 0.5) is 5.13 Å². The van der Waals surface area contributed by atoms with E-state index < -0.39 is 5.97 Å². The van der Waals surface area contributed by atoms with Crippen molar-refractivity contribution in [2.24, 2.45) is 11.8 Å². The molecule has 2 atom stereocenters. The van der Waals surface area contributed by atoms with Crippen molar-refractivity contribution in [3.05, 3.63) is 11.6 Å². The number of thiazole rings is 1. The van der Waals surface area contributed by atoms with Crippen LogP contribution in [0.3, 0.4) is 0 Å². The minimum absolute atomic E-state index is 0.0789. The predicted molar refractivity (Wildman–Crippen MR) is 67.5 cm³/mol. The van der Waals surface area contributed by atoms with E-state index in [0.29, 0.717) is 18.2 Å². The van der Waals surface area contributed by atoms with Gasteiger partial charge < -0.3 is 10.4 Å². The molecule has 2 heterocycles. The molecule has 1 aliphatic heterocycles. The molecule has 1 amide bonds. The molecule has 7 heteroatoms. The monoisotopic (exact) mass is 269 g/mol. The van der Waals surface area contributed by atoms with Crippen molar-refractivity contribution in [1.82, 2.24) is 9.88 Å². The maximum absolute atomic E-state index is 11.7. The van der Waals surface area contributed by atoms with Gasteiger partial charge in [-0.1, -0.05) is 6.92 Å². The Morgan fingerprint density at radius 2 is 2.39 bits per heavy atom. The third-order valence-corrected chi connectivity index (χ3v) is 3.74. The van der Waals surface area contributed by atoms with Gasteiger partial charge in [-0.3, -0.25) is 14.5 Å². The number of anilines is 1. The average Bonchev–Trinajstić information content (AvgIpc) is 2.88. The highest BCUT2D eigenvalue weighted by Crippen LogP contribution is 2.22. The van der Waals surface area contributed by atoms with E-state index >= 15 is 0 Å². The molecule has 6 nitrogen and oxygen atoms in total. The molecule has 0 spiro atoms. The topological polar surface area (TPSA) is 82.5 Å². The summed E-state index contributed by atoms with van der Waals surface area (Å²) >= 11 is 1.36. The fourth-order valence-corrected chi connectivity index (χ4v) is 2.71. The lowest BCUT2D eigenvalue weighted by Crippen LogP contribution is -2.32. The van der Waals surface area contributed by atoms with Gasteiger partial charge in [0.2, 0.25) is 5.91 Å². The largest absolute Gasteiger partial charge is 0.481 e. The van der Waals surface area contributed by atoms with Crippen LogP contribution >= 0.6 is 11.3 Å². The van der Waals surface area contributed by atoms with Crippen molar-refractivity contribution in [3.63, 3.8) is 0 Å². The lowest BCUT2D eigenvalue weighted by atomic mass is 9.99. The normalized spacial score (nSPS) is 24.1.